The summed E-state index contributed by atoms with van der Waals surface area (Å²) in [5.74, 6) is -0.400. The number of carbonyl (C=O) groups excluding carboxylic acids is 2. The van der Waals surface area contributed by atoms with Crippen LogP contribution in [0.1, 0.15) is 27.0 Å². The number of nitrogens with one attached hydrogen (secondary N) is 1. The fraction of sp³-hybridized carbons (Fsp3) is 0.125. The van der Waals surface area contributed by atoms with Crippen LogP contribution in [0.3, 0.4) is 0 Å². The summed E-state index contributed by atoms with van der Waals surface area (Å²) >= 11 is 3.38. The molecule has 0 aliphatic carbocycles. The molecule has 0 saturated carbocycles. The molecule has 6 nitrogen and oxygen atoms in total. The third kappa shape index (κ3) is 4.83. The topological polar surface area (TPSA) is 82.0 Å². The van der Waals surface area contributed by atoms with Gasteiger partial charge in [-0.25, -0.2) is 5.43 Å². The Morgan fingerprint density at radius 1 is 1.10 bits per heavy atom. The minimum Gasteiger partial charge on any atom is -0.508 e. The molecule has 2 N–H and O–H groups in total. The summed E-state index contributed by atoms with van der Waals surface area (Å²) in [6.07, 6.45) is 1.86. The number of rotatable bonds is 6. The number of hydrogen-bond acceptors (Lipinski definition) is 4. The minimum atomic E-state index is -0.744. The van der Waals surface area contributed by atoms with Gasteiger partial charge in [0.25, 0.3) is 11.8 Å². The molecule has 0 bridgehead atoms. The van der Waals surface area contributed by atoms with Gasteiger partial charge < -0.3 is 10.0 Å². The van der Waals surface area contributed by atoms with Crippen LogP contribution >= 0.6 is 15.9 Å². The predicted octanol–water partition coefficient (Wildman–Crippen LogP) is 3.87. The van der Waals surface area contributed by atoms with Crippen LogP contribution in [0.15, 0.2) is 82.4 Å². The third-order valence-electron chi connectivity index (χ3n) is 5.15. The van der Waals surface area contributed by atoms with Crippen molar-refractivity contribution in [1.29, 1.82) is 0 Å². The molecule has 0 spiro atoms. The van der Waals surface area contributed by atoms with Crippen LogP contribution in [0.5, 0.6) is 5.75 Å². The molecule has 2 amide bonds. The first kappa shape index (κ1) is 20.8. The number of hydrogen-bond donors (Lipinski definition) is 2. The minimum absolute atomic E-state index is 0.147. The first-order valence-corrected chi connectivity index (χ1v) is 10.6. The molecular weight excluding hydrogens is 458 g/mol. The van der Waals surface area contributed by atoms with E-state index in [-0.39, 0.29) is 17.6 Å². The van der Waals surface area contributed by atoms with Gasteiger partial charge in [0.2, 0.25) is 0 Å². The second-order valence-corrected chi connectivity index (χ2v) is 8.18. The maximum atomic E-state index is 13.1. The number of hydrazone groups is 1. The summed E-state index contributed by atoms with van der Waals surface area (Å²) in [5.41, 5.74) is 5.76. The van der Waals surface area contributed by atoms with E-state index in [1.165, 1.54) is 0 Å². The number of halogens is 1. The Kier molecular flexibility index (Phi) is 6.13. The number of phenolic OH excluding ortho intramolecular Hbond substituents is 1. The van der Waals surface area contributed by atoms with Gasteiger partial charge in [0.1, 0.15) is 11.8 Å². The molecule has 1 aliphatic heterocycles. The van der Waals surface area contributed by atoms with Crippen molar-refractivity contribution >= 4 is 34.0 Å². The molecule has 0 radical (unpaired) electrons. The summed E-state index contributed by atoms with van der Waals surface area (Å²) in [4.78, 5) is 27.6. The fourth-order valence-corrected chi connectivity index (χ4v) is 3.79. The average molecular weight is 478 g/mol. The number of nitrogens with zero attached hydrogens (tertiary/aromatic N) is 2. The summed E-state index contributed by atoms with van der Waals surface area (Å²) < 4.78 is 0.953. The highest BCUT2D eigenvalue weighted by atomic mass is 79.9. The van der Waals surface area contributed by atoms with E-state index in [2.05, 4.69) is 26.5 Å². The lowest BCUT2D eigenvalue weighted by molar-refractivity contribution is -0.125. The molecule has 3 aromatic carbocycles. The van der Waals surface area contributed by atoms with Crippen LogP contribution in [0.4, 0.5) is 0 Å². The Morgan fingerprint density at radius 3 is 2.52 bits per heavy atom. The average Bonchev–Trinajstić information content (AvgIpc) is 3.11. The second kappa shape index (κ2) is 9.14. The summed E-state index contributed by atoms with van der Waals surface area (Å²) in [7, 11) is 0. The van der Waals surface area contributed by atoms with E-state index in [1.54, 1.807) is 41.4 Å². The Labute approximate surface area is 188 Å². The van der Waals surface area contributed by atoms with Crippen molar-refractivity contribution in [3.05, 3.63) is 99.5 Å². The van der Waals surface area contributed by atoms with E-state index in [4.69, 9.17) is 0 Å². The largest absolute Gasteiger partial charge is 0.508 e. The Balaban J connectivity index is 1.54. The Morgan fingerprint density at radius 2 is 1.81 bits per heavy atom. The lowest BCUT2D eigenvalue weighted by Gasteiger charge is -2.26. The molecule has 0 aromatic heterocycles. The van der Waals surface area contributed by atoms with Crippen molar-refractivity contribution in [2.24, 2.45) is 5.10 Å². The molecule has 0 unspecified atom stereocenters. The van der Waals surface area contributed by atoms with E-state index < -0.39 is 6.04 Å². The van der Waals surface area contributed by atoms with Crippen LogP contribution in [0.2, 0.25) is 0 Å². The zero-order valence-electron chi connectivity index (χ0n) is 16.5. The maximum Gasteiger partial charge on any atom is 0.263 e. The highest BCUT2D eigenvalue weighted by Gasteiger charge is 2.36. The van der Waals surface area contributed by atoms with Crippen molar-refractivity contribution in [1.82, 2.24) is 10.3 Å². The molecular formula is C24H20BrN3O3. The first-order valence-electron chi connectivity index (χ1n) is 9.76. The van der Waals surface area contributed by atoms with Gasteiger partial charge in [-0.2, -0.15) is 5.10 Å². The number of phenols is 1. The third-order valence-corrected chi connectivity index (χ3v) is 5.68. The molecule has 3 aromatic rings. The van der Waals surface area contributed by atoms with Gasteiger partial charge in [-0.05, 0) is 47.0 Å². The van der Waals surface area contributed by atoms with Gasteiger partial charge in [0, 0.05) is 23.0 Å². The highest BCUT2D eigenvalue weighted by molar-refractivity contribution is 9.10. The molecule has 0 saturated heterocycles. The van der Waals surface area contributed by atoms with Crippen molar-refractivity contribution in [2.45, 2.75) is 19.0 Å². The van der Waals surface area contributed by atoms with Crippen molar-refractivity contribution < 1.29 is 14.7 Å². The maximum absolute atomic E-state index is 13.1. The number of aromatic hydroxyl groups is 1. The summed E-state index contributed by atoms with van der Waals surface area (Å²) in [5, 5.41) is 13.6. The zero-order chi connectivity index (χ0) is 21.8. The normalized spacial score (nSPS) is 14.0. The van der Waals surface area contributed by atoms with Gasteiger partial charge in [0.05, 0.1) is 6.21 Å². The Bertz CT molecular complexity index is 1130. The van der Waals surface area contributed by atoms with E-state index in [1.807, 2.05) is 42.5 Å². The second-order valence-electron chi connectivity index (χ2n) is 7.26. The molecule has 4 rings (SSSR count). The molecule has 156 valence electrons. The molecule has 1 aliphatic rings. The lowest BCUT2D eigenvalue weighted by Crippen LogP contribution is -2.47. The van der Waals surface area contributed by atoms with Gasteiger partial charge in [-0.15, -0.1) is 0 Å². The van der Waals surface area contributed by atoms with Crippen molar-refractivity contribution in [3.63, 3.8) is 0 Å². The number of carbonyl (C=O) groups is 2. The van der Waals surface area contributed by atoms with Gasteiger partial charge in [0.15, 0.2) is 0 Å². The van der Waals surface area contributed by atoms with Crippen LogP contribution in [0.25, 0.3) is 0 Å². The van der Waals surface area contributed by atoms with Crippen LogP contribution in [-0.2, 0) is 17.8 Å². The highest BCUT2D eigenvalue weighted by Crippen LogP contribution is 2.26. The Hall–Kier alpha value is -3.45. The monoisotopic (exact) mass is 477 g/mol. The molecule has 31 heavy (non-hydrogen) atoms. The summed E-state index contributed by atoms with van der Waals surface area (Å²) in [6, 6.07) is 20.8. The predicted molar refractivity (Wildman–Crippen MR) is 122 cm³/mol. The van der Waals surface area contributed by atoms with E-state index in [0.29, 0.717) is 18.5 Å². The zero-order valence-corrected chi connectivity index (χ0v) is 18.1. The molecule has 1 heterocycles. The van der Waals surface area contributed by atoms with Gasteiger partial charge >= 0.3 is 0 Å². The van der Waals surface area contributed by atoms with Gasteiger partial charge in [-0.1, -0.05) is 58.4 Å². The smallest absolute Gasteiger partial charge is 0.263 e. The van der Waals surface area contributed by atoms with Crippen LogP contribution in [-0.4, -0.2) is 34.1 Å². The molecule has 1 atom stereocenters. The fourth-order valence-electron chi connectivity index (χ4n) is 3.52. The van der Waals surface area contributed by atoms with Crippen molar-refractivity contribution in [2.75, 3.05) is 0 Å². The summed E-state index contributed by atoms with van der Waals surface area (Å²) in [6.45, 7) is 0.363. The standard InChI is InChI=1S/C24H20BrN3O3/c25-19-9-5-17(6-10-19)14-26-27-23(30)22(13-16-7-11-20(29)12-8-16)28-15-18-3-1-2-4-21(18)24(28)31/h1-12,14,22,29H,13,15H2,(H,27,30)/b26-14+/t22-/m1/s1. The first-order chi connectivity index (χ1) is 15.0. The van der Waals surface area contributed by atoms with Crippen molar-refractivity contribution in [3.8, 4) is 5.75 Å². The quantitative estimate of drug-likeness (QED) is 0.417. The molecule has 0 fully saturated rings. The number of fused-ring (bicyclic) bond motifs is 1. The van der Waals surface area contributed by atoms with E-state index >= 15 is 0 Å². The number of benzene rings is 3. The van der Waals surface area contributed by atoms with Crippen LogP contribution < -0.4 is 5.43 Å². The lowest BCUT2D eigenvalue weighted by atomic mass is 10.0. The van der Waals surface area contributed by atoms with E-state index in [0.717, 1.165) is 21.2 Å². The van der Waals surface area contributed by atoms with Gasteiger partial charge in [-0.3, -0.25) is 9.59 Å². The van der Waals surface area contributed by atoms with Crippen LogP contribution in [0, 0.1) is 0 Å². The SMILES string of the molecule is O=C(N/N=C/c1ccc(Br)cc1)[C@@H](Cc1ccc(O)cc1)N1Cc2ccccc2C1=O. The van der Waals surface area contributed by atoms with E-state index in [9.17, 15) is 14.7 Å². The molecule has 7 heteroatoms. The number of amides is 2.